The number of hydrogen-bond donors (Lipinski definition) is 0. The van der Waals surface area contributed by atoms with E-state index >= 15 is 0 Å². The summed E-state index contributed by atoms with van der Waals surface area (Å²) in [5.41, 5.74) is 3.59. The van der Waals surface area contributed by atoms with E-state index in [9.17, 15) is 4.79 Å². The second kappa shape index (κ2) is 8.96. The molecular formula is C25H25ClN4O2. The van der Waals surface area contributed by atoms with E-state index in [0.29, 0.717) is 11.3 Å². The molecule has 4 heterocycles. The molecule has 1 spiro atoms. The number of benzene rings is 1. The number of carbonyl (C=O) groups is 1. The Morgan fingerprint density at radius 3 is 2.62 bits per heavy atom. The van der Waals surface area contributed by atoms with Crippen LogP contribution >= 0.6 is 11.6 Å². The van der Waals surface area contributed by atoms with Crippen LogP contribution in [0.1, 0.15) is 35.2 Å². The minimum atomic E-state index is 0.0528. The molecule has 2 aromatic heterocycles. The van der Waals surface area contributed by atoms with E-state index in [4.69, 9.17) is 16.3 Å². The van der Waals surface area contributed by atoms with Crippen LogP contribution in [0.3, 0.4) is 0 Å². The monoisotopic (exact) mass is 448 g/mol. The zero-order valence-corrected chi connectivity index (χ0v) is 18.5. The van der Waals surface area contributed by atoms with Crippen molar-refractivity contribution in [2.75, 3.05) is 19.7 Å². The molecular weight excluding hydrogens is 424 g/mol. The average molecular weight is 449 g/mol. The lowest BCUT2D eigenvalue weighted by Crippen LogP contribution is -2.43. The average Bonchev–Trinajstić information content (AvgIpc) is 3.23. The number of rotatable bonds is 4. The molecule has 2 aliphatic heterocycles. The smallest absolute Gasteiger partial charge is 0.253 e. The summed E-state index contributed by atoms with van der Waals surface area (Å²) in [5, 5.41) is 0.757. The quantitative estimate of drug-likeness (QED) is 0.590. The van der Waals surface area contributed by atoms with Crippen LogP contribution in [0.2, 0.25) is 5.02 Å². The molecule has 2 aliphatic rings. The fourth-order valence-electron chi connectivity index (χ4n) is 4.78. The lowest BCUT2D eigenvalue weighted by Gasteiger charge is -2.38. The van der Waals surface area contributed by atoms with E-state index in [1.54, 1.807) is 24.7 Å². The fraction of sp³-hybridized carbons (Fsp3) is 0.360. The van der Waals surface area contributed by atoms with Gasteiger partial charge in [0.15, 0.2) is 0 Å². The van der Waals surface area contributed by atoms with Crippen LogP contribution in [0.4, 0.5) is 0 Å². The first kappa shape index (κ1) is 21.0. The van der Waals surface area contributed by atoms with E-state index in [1.807, 2.05) is 23.1 Å². The van der Waals surface area contributed by atoms with Crippen LogP contribution in [-0.4, -0.2) is 51.6 Å². The Labute approximate surface area is 192 Å². The molecule has 2 saturated heterocycles. The molecule has 1 atom stereocenters. The molecule has 5 rings (SSSR count). The van der Waals surface area contributed by atoms with Crippen molar-refractivity contribution in [1.82, 2.24) is 19.9 Å². The van der Waals surface area contributed by atoms with Gasteiger partial charge in [-0.15, -0.1) is 0 Å². The number of halogens is 1. The van der Waals surface area contributed by atoms with Crippen LogP contribution in [0, 0.1) is 5.41 Å². The highest BCUT2D eigenvalue weighted by atomic mass is 35.5. The summed E-state index contributed by atoms with van der Waals surface area (Å²) < 4.78 is 6.17. The van der Waals surface area contributed by atoms with Gasteiger partial charge in [0.25, 0.3) is 5.91 Å². The van der Waals surface area contributed by atoms with Gasteiger partial charge in [-0.25, -0.2) is 9.97 Å². The van der Waals surface area contributed by atoms with Crippen molar-refractivity contribution in [3.05, 3.63) is 77.5 Å². The Kier molecular flexibility index (Phi) is 5.89. The van der Waals surface area contributed by atoms with Crippen LogP contribution in [-0.2, 0) is 11.2 Å². The topological polar surface area (TPSA) is 68.2 Å². The van der Waals surface area contributed by atoms with Crippen molar-refractivity contribution < 1.29 is 9.53 Å². The van der Waals surface area contributed by atoms with Crippen LogP contribution < -0.4 is 0 Å². The first-order chi connectivity index (χ1) is 15.6. The molecule has 1 amide bonds. The van der Waals surface area contributed by atoms with E-state index < -0.39 is 0 Å². The van der Waals surface area contributed by atoms with Crippen molar-refractivity contribution in [3.8, 4) is 11.3 Å². The summed E-state index contributed by atoms with van der Waals surface area (Å²) in [6.07, 6.45) is 10.7. The van der Waals surface area contributed by atoms with Crippen LogP contribution in [0.5, 0.6) is 0 Å². The third-order valence-electron chi connectivity index (χ3n) is 6.64. The van der Waals surface area contributed by atoms with Gasteiger partial charge >= 0.3 is 0 Å². The fourth-order valence-corrected chi connectivity index (χ4v) is 4.90. The molecule has 0 unspecified atom stereocenters. The lowest BCUT2D eigenvalue weighted by molar-refractivity contribution is 0.0496. The number of pyridine rings is 1. The van der Waals surface area contributed by atoms with Crippen LogP contribution in [0.25, 0.3) is 11.3 Å². The maximum absolute atomic E-state index is 13.1. The highest BCUT2D eigenvalue weighted by Crippen LogP contribution is 2.43. The molecule has 6 nitrogen and oxygen atoms in total. The van der Waals surface area contributed by atoms with Crippen molar-refractivity contribution in [2.45, 2.75) is 31.8 Å². The molecule has 0 radical (unpaired) electrons. The first-order valence-electron chi connectivity index (χ1n) is 11.0. The van der Waals surface area contributed by atoms with Gasteiger partial charge in [0.1, 0.15) is 6.33 Å². The Bertz CT molecular complexity index is 1080. The van der Waals surface area contributed by atoms with Crippen molar-refractivity contribution in [1.29, 1.82) is 0 Å². The number of carbonyl (C=O) groups excluding carboxylic acids is 1. The number of amides is 1. The van der Waals surface area contributed by atoms with E-state index in [1.165, 1.54) is 11.9 Å². The second-order valence-corrected chi connectivity index (χ2v) is 9.25. The van der Waals surface area contributed by atoms with Gasteiger partial charge < -0.3 is 9.64 Å². The SMILES string of the molecule is O=C(c1ccnc(-c2cncnc2)c1)N1CCC2(CC1)CO[C@H](Cc1ccc(Cl)cc1)C2. The van der Waals surface area contributed by atoms with Gasteiger partial charge in [0, 0.05) is 47.8 Å². The maximum Gasteiger partial charge on any atom is 0.253 e. The van der Waals surface area contributed by atoms with Gasteiger partial charge in [-0.3, -0.25) is 9.78 Å². The minimum absolute atomic E-state index is 0.0528. The summed E-state index contributed by atoms with van der Waals surface area (Å²) in [7, 11) is 0. The highest BCUT2D eigenvalue weighted by Gasteiger charge is 2.43. The Morgan fingerprint density at radius 2 is 1.88 bits per heavy atom. The van der Waals surface area contributed by atoms with Crippen LogP contribution in [0.15, 0.2) is 61.3 Å². The Balaban J connectivity index is 1.20. The molecule has 0 aliphatic carbocycles. The lowest BCUT2D eigenvalue weighted by atomic mass is 9.76. The van der Waals surface area contributed by atoms with Gasteiger partial charge in [-0.1, -0.05) is 23.7 Å². The number of hydrogen-bond acceptors (Lipinski definition) is 5. The number of likely N-dealkylation sites (tertiary alicyclic amines) is 1. The van der Waals surface area contributed by atoms with Gasteiger partial charge in [-0.05, 0) is 60.9 Å². The minimum Gasteiger partial charge on any atom is -0.377 e. The molecule has 32 heavy (non-hydrogen) atoms. The normalized spacial score (nSPS) is 19.9. The number of ether oxygens (including phenoxy) is 1. The second-order valence-electron chi connectivity index (χ2n) is 8.82. The molecule has 1 aromatic carbocycles. The van der Waals surface area contributed by atoms with Gasteiger partial charge in [-0.2, -0.15) is 0 Å². The number of piperidine rings is 1. The third-order valence-corrected chi connectivity index (χ3v) is 6.89. The molecule has 2 fully saturated rings. The van der Waals surface area contributed by atoms with Crippen molar-refractivity contribution in [3.63, 3.8) is 0 Å². The van der Waals surface area contributed by atoms with Crippen molar-refractivity contribution >= 4 is 17.5 Å². The summed E-state index contributed by atoms with van der Waals surface area (Å²) in [6, 6.07) is 11.6. The molecule has 3 aromatic rings. The van der Waals surface area contributed by atoms with E-state index in [0.717, 1.165) is 56.0 Å². The number of aromatic nitrogens is 3. The highest BCUT2D eigenvalue weighted by molar-refractivity contribution is 6.30. The zero-order valence-electron chi connectivity index (χ0n) is 17.8. The zero-order chi connectivity index (χ0) is 22.0. The number of nitrogens with zero attached hydrogens (tertiary/aromatic N) is 4. The Hall–Kier alpha value is -2.83. The first-order valence-corrected chi connectivity index (χ1v) is 11.3. The predicted octanol–water partition coefficient (Wildman–Crippen LogP) is 4.45. The molecule has 0 N–H and O–H groups in total. The van der Waals surface area contributed by atoms with Gasteiger partial charge in [0.05, 0.1) is 18.4 Å². The molecule has 0 saturated carbocycles. The Morgan fingerprint density at radius 1 is 1.12 bits per heavy atom. The third kappa shape index (κ3) is 4.52. The maximum atomic E-state index is 13.1. The van der Waals surface area contributed by atoms with Crippen molar-refractivity contribution in [2.24, 2.45) is 5.41 Å². The molecule has 7 heteroatoms. The molecule has 164 valence electrons. The summed E-state index contributed by atoms with van der Waals surface area (Å²) in [5.74, 6) is 0.0528. The summed E-state index contributed by atoms with van der Waals surface area (Å²) in [6.45, 7) is 2.28. The largest absolute Gasteiger partial charge is 0.377 e. The van der Waals surface area contributed by atoms with E-state index in [2.05, 4.69) is 27.1 Å². The van der Waals surface area contributed by atoms with E-state index in [-0.39, 0.29) is 17.4 Å². The molecule has 0 bridgehead atoms. The summed E-state index contributed by atoms with van der Waals surface area (Å²) in [4.78, 5) is 27.5. The summed E-state index contributed by atoms with van der Waals surface area (Å²) >= 11 is 6.00. The standard InChI is InChI=1S/C25H25ClN4O2/c26-21-3-1-18(2-4-21)11-22-13-25(16-32-22)6-9-30(10-7-25)24(31)19-5-8-29-23(12-19)20-14-27-17-28-15-20/h1-5,8,12,14-15,17,22H,6-7,9-11,13,16H2/t22-/m1/s1. The van der Waals surface area contributed by atoms with Gasteiger partial charge in [0.2, 0.25) is 0 Å². The predicted molar refractivity (Wildman–Crippen MR) is 122 cm³/mol.